The van der Waals surface area contributed by atoms with Gasteiger partial charge in [-0.1, -0.05) is 30.3 Å². The largest absolute Gasteiger partial charge is 0.464 e. The summed E-state index contributed by atoms with van der Waals surface area (Å²) in [5.41, 5.74) is 0.782. The lowest BCUT2D eigenvalue weighted by molar-refractivity contribution is -0.384. The fourth-order valence-corrected chi connectivity index (χ4v) is 4.78. The van der Waals surface area contributed by atoms with Gasteiger partial charge in [0.25, 0.3) is 15.7 Å². The van der Waals surface area contributed by atoms with Gasteiger partial charge in [-0.2, -0.15) is 0 Å². The molecule has 1 aliphatic heterocycles. The van der Waals surface area contributed by atoms with Crippen LogP contribution in [0.25, 0.3) is 0 Å². The van der Waals surface area contributed by atoms with E-state index < -0.39 is 33.1 Å². The molecule has 0 spiro atoms. The topological polar surface area (TPSA) is 136 Å². The summed E-state index contributed by atoms with van der Waals surface area (Å²) in [6.07, 6.45) is 0.548. The van der Waals surface area contributed by atoms with Crippen molar-refractivity contribution in [2.45, 2.75) is 31.4 Å². The van der Waals surface area contributed by atoms with Crippen LogP contribution in [0.1, 0.15) is 19.4 Å². The minimum atomic E-state index is -4.10. The third-order valence-corrected chi connectivity index (χ3v) is 6.74. The summed E-state index contributed by atoms with van der Waals surface area (Å²) >= 11 is 0. The van der Waals surface area contributed by atoms with Crippen molar-refractivity contribution in [1.82, 2.24) is 9.21 Å². The zero-order valence-corrected chi connectivity index (χ0v) is 19.3. The summed E-state index contributed by atoms with van der Waals surface area (Å²) in [7, 11) is -4.10. The van der Waals surface area contributed by atoms with E-state index in [0.717, 1.165) is 34.1 Å². The standard InChI is InChI=1S/C22H23N3O8S/c1-16-12-23(34(30,31)21-10-8-19(9-11-21)25(28)29)13-20(15-32-17(2)26)24(16)22(27)33-14-18-6-4-3-5-7-18/h3-12,20H,13-15H2,1-2H3/t20-/m1/s1. The third-order valence-electron chi connectivity index (χ3n) is 5.00. The van der Waals surface area contributed by atoms with E-state index in [2.05, 4.69) is 0 Å². The van der Waals surface area contributed by atoms with Gasteiger partial charge in [-0.15, -0.1) is 0 Å². The molecule has 0 saturated carbocycles. The molecule has 1 aliphatic rings. The van der Waals surface area contributed by atoms with Crippen LogP contribution >= 0.6 is 0 Å². The van der Waals surface area contributed by atoms with Gasteiger partial charge in [0.1, 0.15) is 13.2 Å². The second-order valence-electron chi connectivity index (χ2n) is 7.46. The first-order valence-corrected chi connectivity index (χ1v) is 11.6. The van der Waals surface area contributed by atoms with Crippen molar-refractivity contribution >= 4 is 27.8 Å². The van der Waals surface area contributed by atoms with Gasteiger partial charge in [-0.3, -0.25) is 24.1 Å². The van der Waals surface area contributed by atoms with Gasteiger partial charge >= 0.3 is 12.1 Å². The number of nitro groups is 1. The first kappa shape index (κ1) is 24.7. The molecule has 34 heavy (non-hydrogen) atoms. The van der Waals surface area contributed by atoms with E-state index in [1.165, 1.54) is 24.9 Å². The molecule has 0 bridgehead atoms. The molecule has 180 valence electrons. The Labute approximate surface area is 196 Å². The molecular weight excluding hydrogens is 466 g/mol. The predicted molar refractivity (Wildman–Crippen MR) is 120 cm³/mol. The van der Waals surface area contributed by atoms with E-state index in [1.807, 2.05) is 6.07 Å². The highest BCUT2D eigenvalue weighted by Crippen LogP contribution is 2.27. The number of hydrogen-bond acceptors (Lipinski definition) is 8. The number of carbonyl (C=O) groups excluding carboxylic acids is 2. The van der Waals surface area contributed by atoms with Gasteiger partial charge < -0.3 is 9.47 Å². The number of carbonyl (C=O) groups is 2. The molecule has 0 unspecified atom stereocenters. The van der Waals surface area contributed by atoms with E-state index in [-0.39, 0.29) is 36.0 Å². The highest BCUT2D eigenvalue weighted by atomic mass is 32.2. The Kier molecular flexibility index (Phi) is 7.51. The van der Waals surface area contributed by atoms with Crippen LogP contribution in [0.2, 0.25) is 0 Å². The minimum Gasteiger partial charge on any atom is -0.464 e. The molecule has 0 N–H and O–H groups in total. The number of allylic oxidation sites excluding steroid dienone is 1. The fourth-order valence-electron chi connectivity index (χ4n) is 3.37. The lowest BCUT2D eigenvalue weighted by Gasteiger charge is -2.38. The van der Waals surface area contributed by atoms with Crippen molar-refractivity contribution in [3.63, 3.8) is 0 Å². The Morgan fingerprint density at radius 3 is 2.32 bits per heavy atom. The molecule has 3 rings (SSSR count). The molecule has 11 nitrogen and oxygen atoms in total. The third kappa shape index (κ3) is 5.70. The van der Waals surface area contributed by atoms with Gasteiger partial charge in [0.15, 0.2) is 0 Å². The van der Waals surface area contributed by atoms with Crippen molar-refractivity contribution in [3.05, 3.63) is 82.2 Å². The second kappa shape index (κ2) is 10.3. The Morgan fingerprint density at radius 2 is 1.74 bits per heavy atom. The van der Waals surface area contributed by atoms with E-state index in [4.69, 9.17) is 9.47 Å². The van der Waals surface area contributed by atoms with Gasteiger partial charge in [-0.05, 0) is 24.6 Å². The summed E-state index contributed by atoms with van der Waals surface area (Å²) in [6, 6.07) is 12.6. The summed E-state index contributed by atoms with van der Waals surface area (Å²) in [5, 5.41) is 10.9. The van der Waals surface area contributed by atoms with Crippen molar-refractivity contribution in [2.75, 3.05) is 13.2 Å². The number of rotatable bonds is 7. The highest BCUT2D eigenvalue weighted by Gasteiger charge is 2.37. The number of nitrogens with zero attached hydrogens (tertiary/aromatic N) is 3. The summed E-state index contributed by atoms with van der Waals surface area (Å²) < 4.78 is 37.8. The van der Waals surface area contributed by atoms with E-state index in [1.54, 1.807) is 24.3 Å². The predicted octanol–water partition coefficient (Wildman–Crippen LogP) is 3.03. The van der Waals surface area contributed by atoms with Gasteiger partial charge in [-0.25, -0.2) is 13.2 Å². The Balaban J connectivity index is 1.85. The first-order valence-electron chi connectivity index (χ1n) is 10.2. The van der Waals surface area contributed by atoms with Crippen LogP contribution in [0, 0.1) is 10.1 Å². The van der Waals surface area contributed by atoms with Crippen molar-refractivity contribution in [1.29, 1.82) is 0 Å². The van der Waals surface area contributed by atoms with E-state index in [0.29, 0.717) is 0 Å². The Hall–Kier alpha value is -3.93. The first-order chi connectivity index (χ1) is 16.1. The van der Waals surface area contributed by atoms with E-state index >= 15 is 0 Å². The number of sulfonamides is 1. The number of nitro benzene ring substituents is 1. The molecule has 0 fully saturated rings. The number of ether oxygens (including phenoxy) is 2. The smallest absolute Gasteiger partial charge is 0.414 e. The van der Waals surface area contributed by atoms with Crippen LogP contribution in [0.5, 0.6) is 0 Å². The minimum absolute atomic E-state index is 0.00848. The molecule has 0 aromatic heterocycles. The number of hydrogen-bond donors (Lipinski definition) is 0. The average Bonchev–Trinajstić information content (AvgIpc) is 2.81. The molecule has 1 heterocycles. The van der Waals surface area contributed by atoms with E-state index in [9.17, 15) is 28.1 Å². The quantitative estimate of drug-likeness (QED) is 0.329. The van der Waals surface area contributed by atoms with Gasteiger partial charge in [0.05, 0.1) is 22.4 Å². The molecule has 0 radical (unpaired) electrons. The van der Waals surface area contributed by atoms with Crippen molar-refractivity contribution in [3.8, 4) is 0 Å². The zero-order valence-electron chi connectivity index (χ0n) is 18.5. The SMILES string of the molecule is CC(=O)OC[C@H]1CN(S(=O)(=O)c2ccc([N+](=O)[O-])cc2)C=C(C)N1C(=O)OCc1ccccc1. The average molecular weight is 490 g/mol. The lowest BCUT2D eigenvalue weighted by Crippen LogP contribution is -2.52. The van der Waals surface area contributed by atoms with Crippen molar-refractivity contribution < 1.29 is 32.4 Å². The maximum absolute atomic E-state index is 13.2. The monoisotopic (exact) mass is 489 g/mol. The number of benzene rings is 2. The molecule has 0 saturated heterocycles. The Bertz CT molecular complexity index is 1200. The van der Waals surface area contributed by atoms with Crippen LogP contribution in [0.15, 0.2) is 71.4 Å². The van der Waals surface area contributed by atoms with Crippen LogP contribution in [0.3, 0.4) is 0 Å². The summed E-state index contributed by atoms with van der Waals surface area (Å²) in [5.74, 6) is -0.588. The van der Waals surface area contributed by atoms with Crippen molar-refractivity contribution in [2.24, 2.45) is 0 Å². The molecule has 12 heteroatoms. The molecule has 2 aromatic carbocycles. The molecule has 1 atom stereocenters. The second-order valence-corrected chi connectivity index (χ2v) is 9.35. The molecular formula is C22H23N3O8S. The number of amides is 1. The van der Waals surface area contributed by atoms with Gasteiger partial charge in [0.2, 0.25) is 0 Å². The summed E-state index contributed by atoms with van der Waals surface area (Å²) in [6.45, 7) is 2.27. The van der Waals surface area contributed by atoms with Crippen LogP contribution in [-0.2, 0) is 30.9 Å². The zero-order chi connectivity index (χ0) is 24.9. The number of esters is 1. The molecule has 2 aromatic rings. The van der Waals surface area contributed by atoms with Crippen LogP contribution < -0.4 is 0 Å². The normalized spacial score (nSPS) is 15.9. The lowest BCUT2D eigenvalue weighted by atomic mass is 10.2. The fraction of sp³-hybridized carbons (Fsp3) is 0.273. The summed E-state index contributed by atoms with van der Waals surface area (Å²) in [4.78, 5) is 35.6. The Morgan fingerprint density at radius 1 is 1.09 bits per heavy atom. The maximum atomic E-state index is 13.2. The van der Waals surface area contributed by atoms with Gasteiger partial charge in [0, 0.05) is 31.0 Å². The molecule has 1 amide bonds. The van der Waals surface area contributed by atoms with Crippen LogP contribution in [-0.4, -0.2) is 53.8 Å². The molecule has 0 aliphatic carbocycles. The maximum Gasteiger partial charge on any atom is 0.414 e. The van der Waals surface area contributed by atoms with Crippen LogP contribution in [0.4, 0.5) is 10.5 Å². The highest BCUT2D eigenvalue weighted by molar-refractivity contribution is 7.89. The number of non-ortho nitro benzene ring substituents is 1.